The van der Waals surface area contributed by atoms with Crippen molar-refractivity contribution in [3.05, 3.63) is 0 Å². The lowest BCUT2D eigenvalue weighted by Gasteiger charge is -2.26. The number of hydrogen-bond acceptors (Lipinski definition) is 3. The van der Waals surface area contributed by atoms with Gasteiger partial charge in [0.05, 0.1) is 0 Å². The van der Waals surface area contributed by atoms with E-state index < -0.39 is 0 Å². The molecule has 60 valence electrons. The van der Waals surface area contributed by atoms with Gasteiger partial charge in [-0.05, 0) is 12.8 Å². The highest BCUT2D eigenvalue weighted by Gasteiger charge is 2.19. The SMILES string of the molecule is SCC1CCCC(CS)S1. The quantitative estimate of drug-likeness (QED) is 0.637. The van der Waals surface area contributed by atoms with Gasteiger partial charge in [-0.1, -0.05) is 6.42 Å². The van der Waals surface area contributed by atoms with E-state index in [1.165, 1.54) is 19.3 Å². The highest BCUT2D eigenvalue weighted by molar-refractivity contribution is 8.01. The summed E-state index contributed by atoms with van der Waals surface area (Å²) in [5, 5.41) is 1.60. The topological polar surface area (TPSA) is 0 Å². The molecular formula is C7H14S3. The molecule has 0 aromatic carbocycles. The molecule has 1 fully saturated rings. The van der Waals surface area contributed by atoms with Crippen LogP contribution < -0.4 is 0 Å². The minimum atomic E-state index is 0.800. The van der Waals surface area contributed by atoms with Crippen molar-refractivity contribution in [2.45, 2.75) is 29.8 Å². The molecule has 1 heterocycles. The molecule has 1 saturated heterocycles. The van der Waals surface area contributed by atoms with E-state index in [0.717, 1.165) is 22.0 Å². The molecule has 2 unspecified atom stereocenters. The molecule has 1 aliphatic rings. The highest BCUT2D eigenvalue weighted by Crippen LogP contribution is 2.32. The number of thioether (sulfide) groups is 1. The highest BCUT2D eigenvalue weighted by atomic mass is 32.2. The molecule has 3 heteroatoms. The van der Waals surface area contributed by atoms with Gasteiger partial charge in [-0.15, -0.1) is 0 Å². The van der Waals surface area contributed by atoms with E-state index in [1.54, 1.807) is 0 Å². The van der Waals surface area contributed by atoms with Gasteiger partial charge in [0.25, 0.3) is 0 Å². The van der Waals surface area contributed by atoms with Gasteiger partial charge >= 0.3 is 0 Å². The second kappa shape index (κ2) is 4.83. The van der Waals surface area contributed by atoms with E-state index >= 15 is 0 Å². The number of thiol groups is 2. The Kier molecular flexibility index (Phi) is 4.42. The third-order valence-corrected chi connectivity index (χ3v) is 4.79. The number of rotatable bonds is 2. The maximum absolute atomic E-state index is 4.30. The van der Waals surface area contributed by atoms with Gasteiger partial charge in [0.1, 0.15) is 0 Å². The third kappa shape index (κ3) is 2.59. The summed E-state index contributed by atoms with van der Waals surface area (Å²) in [4.78, 5) is 0. The summed E-state index contributed by atoms with van der Waals surface area (Å²) < 4.78 is 0. The van der Waals surface area contributed by atoms with E-state index in [-0.39, 0.29) is 0 Å². The molecular weight excluding hydrogens is 180 g/mol. The summed E-state index contributed by atoms with van der Waals surface area (Å²) in [5.74, 6) is 2.07. The molecule has 0 saturated carbocycles. The lowest BCUT2D eigenvalue weighted by molar-refractivity contribution is 0.648. The van der Waals surface area contributed by atoms with Crippen LogP contribution in [0.25, 0.3) is 0 Å². The summed E-state index contributed by atoms with van der Waals surface area (Å²) in [6, 6.07) is 0. The zero-order valence-corrected chi connectivity index (χ0v) is 8.60. The first-order valence-electron chi connectivity index (χ1n) is 3.74. The Balaban J connectivity index is 2.25. The Hall–Kier alpha value is 1.05. The number of hydrogen-bond donors (Lipinski definition) is 2. The second-order valence-electron chi connectivity index (χ2n) is 2.68. The van der Waals surface area contributed by atoms with Crippen LogP contribution in [0.15, 0.2) is 0 Å². The predicted octanol–water partition coefficient (Wildman–Crippen LogP) is 2.50. The Morgan fingerprint density at radius 1 is 1.10 bits per heavy atom. The van der Waals surface area contributed by atoms with Gasteiger partial charge in [0.15, 0.2) is 0 Å². The molecule has 0 N–H and O–H groups in total. The summed E-state index contributed by atoms with van der Waals surface area (Å²) in [6.07, 6.45) is 4.10. The zero-order chi connectivity index (χ0) is 7.40. The molecule has 0 aromatic heterocycles. The maximum Gasteiger partial charge on any atom is 0.0138 e. The summed E-state index contributed by atoms with van der Waals surface area (Å²) in [7, 11) is 0. The molecule has 0 radical (unpaired) electrons. The van der Waals surface area contributed by atoms with Crippen LogP contribution in [-0.2, 0) is 0 Å². The largest absolute Gasteiger partial charge is 0.178 e. The van der Waals surface area contributed by atoms with Crippen molar-refractivity contribution in [2.75, 3.05) is 11.5 Å². The molecule has 0 bridgehead atoms. The first-order chi connectivity index (χ1) is 4.86. The smallest absolute Gasteiger partial charge is 0.0138 e. The van der Waals surface area contributed by atoms with Gasteiger partial charge < -0.3 is 0 Å². The first kappa shape index (κ1) is 9.14. The molecule has 0 nitrogen and oxygen atoms in total. The van der Waals surface area contributed by atoms with Gasteiger partial charge in [-0.2, -0.15) is 37.0 Å². The Bertz CT molecular complexity index is 84.9. The van der Waals surface area contributed by atoms with Gasteiger partial charge in [0, 0.05) is 22.0 Å². The molecule has 1 rings (SSSR count). The molecule has 2 atom stereocenters. The second-order valence-corrected chi connectivity index (χ2v) is 5.01. The van der Waals surface area contributed by atoms with Crippen LogP contribution in [0.2, 0.25) is 0 Å². The zero-order valence-electron chi connectivity index (χ0n) is 5.99. The standard InChI is InChI=1S/C7H14S3/c8-4-6-2-1-3-7(5-9)10-6/h6-9H,1-5H2. The fraction of sp³-hybridized carbons (Fsp3) is 1.00. The van der Waals surface area contributed by atoms with Crippen molar-refractivity contribution >= 4 is 37.0 Å². The molecule has 10 heavy (non-hydrogen) atoms. The molecule has 0 aromatic rings. The van der Waals surface area contributed by atoms with Crippen molar-refractivity contribution < 1.29 is 0 Å². The van der Waals surface area contributed by atoms with E-state index in [2.05, 4.69) is 37.0 Å². The fourth-order valence-electron chi connectivity index (χ4n) is 1.25. The van der Waals surface area contributed by atoms with Crippen LogP contribution in [-0.4, -0.2) is 22.0 Å². The molecule has 0 spiro atoms. The summed E-state index contributed by atoms with van der Waals surface area (Å²) in [5.41, 5.74) is 0. The van der Waals surface area contributed by atoms with Crippen LogP contribution >= 0.6 is 37.0 Å². The summed E-state index contributed by atoms with van der Waals surface area (Å²) in [6.45, 7) is 0. The average Bonchev–Trinajstić information content (AvgIpc) is 2.05. The van der Waals surface area contributed by atoms with E-state index in [4.69, 9.17) is 0 Å². The molecule has 0 amide bonds. The van der Waals surface area contributed by atoms with E-state index in [9.17, 15) is 0 Å². The van der Waals surface area contributed by atoms with Crippen molar-refractivity contribution in [3.8, 4) is 0 Å². The van der Waals surface area contributed by atoms with E-state index in [0.29, 0.717) is 0 Å². The van der Waals surface area contributed by atoms with Gasteiger partial charge in [-0.25, -0.2) is 0 Å². The molecule has 1 aliphatic heterocycles. The Morgan fingerprint density at radius 3 is 2.00 bits per heavy atom. The van der Waals surface area contributed by atoms with Crippen LogP contribution in [0.5, 0.6) is 0 Å². The summed E-state index contributed by atoms with van der Waals surface area (Å²) >= 11 is 10.7. The van der Waals surface area contributed by atoms with Crippen LogP contribution in [0.1, 0.15) is 19.3 Å². The van der Waals surface area contributed by atoms with E-state index in [1.807, 2.05) is 0 Å². The third-order valence-electron chi connectivity index (χ3n) is 1.84. The first-order valence-corrected chi connectivity index (χ1v) is 5.94. The van der Waals surface area contributed by atoms with Gasteiger partial charge in [-0.3, -0.25) is 0 Å². The van der Waals surface area contributed by atoms with Crippen LogP contribution in [0.4, 0.5) is 0 Å². The van der Waals surface area contributed by atoms with Crippen molar-refractivity contribution in [1.82, 2.24) is 0 Å². The maximum atomic E-state index is 4.30. The minimum Gasteiger partial charge on any atom is -0.178 e. The fourth-order valence-corrected chi connectivity index (χ4v) is 3.45. The van der Waals surface area contributed by atoms with Crippen molar-refractivity contribution in [2.24, 2.45) is 0 Å². The van der Waals surface area contributed by atoms with Crippen LogP contribution in [0, 0.1) is 0 Å². The van der Waals surface area contributed by atoms with Crippen LogP contribution in [0.3, 0.4) is 0 Å². The molecule has 0 aliphatic carbocycles. The minimum absolute atomic E-state index is 0.800. The normalized spacial score (nSPS) is 34.2. The predicted molar refractivity (Wildman–Crippen MR) is 56.7 cm³/mol. The monoisotopic (exact) mass is 194 g/mol. The van der Waals surface area contributed by atoms with Crippen molar-refractivity contribution in [1.29, 1.82) is 0 Å². The lowest BCUT2D eigenvalue weighted by Crippen LogP contribution is -2.19. The lowest BCUT2D eigenvalue weighted by atomic mass is 10.1. The Labute approximate surface area is 78.4 Å². The van der Waals surface area contributed by atoms with Gasteiger partial charge in [0.2, 0.25) is 0 Å². The average molecular weight is 194 g/mol. The van der Waals surface area contributed by atoms with Crippen molar-refractivity contribution in [3.63, 3.8) is 0 Å². The Morgan fingerprint density at radius 2 is 1.60 bits per heavy atom.